The third-order valence-electron chi connectivity index (χ3n) is 1.10. The van der Waals surface area contributed by atoms with Crippen molar-refractivity contribution >= 4 is 11.5 Å². The van der Waals surface area contributed by atoms with Crippen LogP contribution in [0.4, 0.5) is 11.5 Å². The first kappa shape index (κ1) is 4.72. The first-order valence-corrected chi connectivity index (χ1v) is 2.58. The zero-order valence-electron chi connectivity index (χ0n) is 4.57. The van der Waals surface area contributed by atoms with Crippen LogP contribution in [0.1, 0.15) is 0 Å². The molecule has 9 heavy (non-hydrogen) atoms. The van der Waals surface area contributed by atoms with Gasteiger partial charge < -0.3 is 5.43 Å². The average Bonchev–Trinajstić information content (AvgIpc) is 2.33. The lowest BCUT2D eigenvalue weighted by Gasteiger charge is -1.93. The predicted molar refractivity (Wildman–Crippen MR) is 33.0 cm³/mol. The van der Waals surface area contributed by atoms with E-state index in [0.717, 1.165) is 5.69 Å². The van der Waals surface area contributed by atoms with Crippen LogP contribution in [0.5, 0.6) is 0 Å². The summed E-state index contributed by atoms with van der Waals surface area (Å²) in [6, 6.07) is 3.71. The molecule has 0 amide bonds. The number of hydrogen-bond donors (Lipinski definition) is 1. The topological polar surface area (TPSA) is 53.1 Å². The van der Waals surface area contributed by atoms with Crippen LogP contribution in [0.25, 0.3) is 5.53 Å². The normalized spacial score (nSPS) is 14.7. The Morgan fingerprint density at radius 2 is 2.67 bits per heavy atom. The van der Waals surface area contributed by atoms with E-state index in [9.17, 15) is 0 Å². The second-order valence-corrected chi connectivity index (χ2v) is 1.69. The molecule has 2 heterocycles. The summed E-state index contributed by atoms with van der Waals surface area (Å²) in [7, 11) is 0. The first-order valence-electron chi connectivity index (χ1n) is 2.58. The lowest BCUT2D eigenvalue weighted by Crippen LogP contribution is -1.83. The van der Waals surface area contributed by atoms with Gasteiger partial charge in [0.05, 0.1) is 5.43 Å². The fourth-order valence-corrected chi connectivity index (χ4v) is 0.690. The van der Waals surface area contributed by atoms with E-state index in [2.05, 4.69) is 21.4 Å². The van der Waals surface area contributed by atoms with Crippen molar-refractivity contribution in [2.75, 3.05) is 5.43 Å². The lowest BCUT2D eigenvalue weighted by atomic mass is 10.4. The number of aromatic nitrogens is 1. The number of fused-ring (bicyclic) bond motifs is 1. The number of rotatable bonds is 0. The molecule has 2 rings (SSSR count). The van der Waals surface area contributed by atoms with E-state index in [1.54, 1.807) is 6.20 Å². The third kappa shape index (κ3) is 0.647. The SMILES string of the molecule is c1cnc2c(c1)N[N-][N+]2. The van der Waals surface area contributed by atoms with Crippen molar-refractivity contribution in [3.63, 3.8) is 0 Å². The van der Waals surface area contributed by atoms with Gasteiger partial charge >= 0.3 is 5.82 Å². The second kappa shape index (κ2) is 1.68. The van der Waals surface area contributed by atoms with Gasteiger partial charge in [0, 0.05) is 6.20 Å². The maximum absolute atomic E-state index is 3.94. The number of nitrogens with one attached hydrogen (secondary N) is 1. The van der Waals surface area contributed by atoms with Crippen LogP contribution in [0.3, 0.4) is 0 Å². The Kier molecular flexibility index (Phi) is 0.881. The molecule has 4 nitrogen and oxygen atoms in total. The summed E-state index contributed by atoms with van der Waals surface area (Å²) in [6.45, 7) is 0. The largest absolute Gasteiger partial charge is 0.423 e. The monoisotopic (exact) mass is 120 g/mol. The Morgan fingerprint density at radius 1 is 1.67 bits per heavy atom. The number of pyridine rings is 1. The van der Waals surface area contributed by atoms with Crippen LogP contribution in [-0.4, -0.2) is 4.98 Å². The third-order valence-corrected chi connectivity index (χ3v) is 1.10. The predicted octanol–water partition coefficient (Wildman–Crippen LogP) is 0.947. The fourth-order valence-electron chi connectivity index (χ4n) is 0.690. The highest BCUT2D eigenvalue weighted by molar-refractivity contribution is 5.65. The fraction of sp³-hybridized carbons (Fsp3) is 0. The van der Waals surface area contributed by atoms with Crippen LogP contribution in [-0.2, 0) is 0 Å². The molecule has 1 aromatic heterocycles. The first-order chi connectivity index (χ1) is 4.47. The molecule has 0 fully saturated rings. The molecule has 0 atom stereocenters. The van der Waals surface area contributed by atoms with Crippen molar-refractivity contribution in [3.05, 3.63) is 23.9 Å². The molecular formula is C5H4N4. The van der Waals surface area contributed by atoms with Crippen LogP contribution in [0, 0.1) is 0 Å². The highest BCUT2D eigenvalue weighted by Gasteiger charge is 2.14. The standard InChI is InChI=1S/C5H4N4/c1-2-4-5(6-3-1)8-9-7-4/h1-3,7H. The Hall–Kier alpha value is -1.13. The van der Waals surface area contributed by atoms with Crippen molar-refractivity contribution in [2.45, 2.75) is 0 Å². The summed E-state index contributed by atoms with van der Waals surface area (Å²) in [5.74, 6) is 0.664. The Labute approximate surface area is 52.2 Å². The van der Waals surface area contributed by atoms with Crippen LogP contribution in [0.2, 0.25) is 0 Å². The van der Waals surface area contributed by atoms with Crippen molar-refractivity contribution in [3.8, 4) is 0 Å². The molecule has 2 radical (unpaired) electrons. The van der Waals surface area contributed by atoms with Crippen LogP contribution in [0.15, 0.2) is 18.3 Å². The van der Waals surface area contributed by atoms with Gasteiger partial charge in [-0.2, -0.15) is 4.98 Å². The van der Waals surface area contributed by atoms with Gasteiger partial charge in [-0.15, -0.1) is 0 Å². The Morgan fingerprint density at radius 3 is 3.56 bits per heavy atom. The number of nitrogens with zero attached hydrogens (tertiary/aromatic N) is 3. The maximum atomic E-state index is 3.94. The molecule has 0 aromatic carbocycles. The van der Waals surface area contributed by atoms with E-state index in [1.807, 2.05) is 12.1 Å². The van der Waals surface area contributed by atoms with Gasteiger partial charge in [-0.05, 0) is 12.1 Å². The Balaban J connectivity index is 2.54. The van der Waals surface area contributed by atoms with E-state index in [-0.39, 0.29) is 0 Å². The molecule has 4 heteroatoms. The van der Waals surface area contributed by atoms with Gasteiger partial charge in [0.15, 0.2) is 0 Å². The van der Waals surface area contributed by atoms with Crippen molar-refractivity contribution < 1.29 is 0 Å². The van der Waals surface area contributed by atoms with Crippen molar-refractivity contribution in [2.24, 2.45) is 0 Å². The highest BCUT2D eigenvalue weighted by atomic mass is 15.6. The van der Waals surface area contributed by atoms with E-state index < -0.39 is 0 Å². The Bertz CT molecular complexity index is 199. The molecule has 1 aliphatic heterocycles. The molecule has 1 aliphatic rings. The molecule has 0 spiro atoms. The van der Waals surface area contributed by atoms with Gasteiger partial charge in [-0.25, -0.2) is 5.53 Å². The van der Waals surface area contributed by atoms with Crippen molar-refractivity contribution in [1.29, 1.82) is 0 Å². The van der Waals surface area contributed by atoms with Gasteiger partial charge in [0.2, 0.25) is 0 Å². The second-order valence-electron chi connectivity index (χ2n) is 1.69. The van der Waals surface area contributed by atoms with Crippen LogP contribution < -0.4 is 10.9 Å². The maximum Gasteiger partial charge on any atom is 0.349 e. The van der Waals surface area contributed by atoms with Gasteiger partial charge in [-0.3, -0.25) is 0 Å². The summed E-state index contributed by atoms with van der Waals surface area (Å²) in [5, 5.41) is 0. The summed E-state index contributed by atoms with van der Waals surface area (Å²) >= 11 is 0. The van der Waals surface area contributed by atoms with E-state index >= 15 is 0 Å². The van der Waals surface area contributed by atoms with Gasteiger partial charge in [0.1, 0.15) is 5.69 Å². The summed E-state index contributed by atoms with van der Waals surface area (Å²) in [6.07, 6.45) is 1.69. The summed E-state index contributed by atoms with van der Waals surface area (Å²) in [5.41, 5.74) is 10.8. The van der Waals surface area contributed by atoms with Crippen molar-refractivity contribution in [1.82, 2.24) is 10.4 Å². The van der Waals surface area contributed by atoms with Gasteiger partial charge in [0.25, 0.3) is 0 Å². The molecular weight excluding hydrogens is 116 g/mol. The molecule has 0 saturated carbocycles. The molecule has 0 aliphatic carbocycles. The molecule has 0 bridgehead atoms. The quantitative estimate of drug-likeness (QED) is 0.554. The van der Waals surface area contributed by atoms with Crippen LogP contribution >= 0.6 is 0 Å². The smallest absolute Gasteiger partial charge is 0.349 e. The van der Waals surface area contributed by atoms with Gasteiger partial charge in [-0.1, -0.05) is 0 Å². The zero-order chi connectivity index (χ0) is 6.10. The summed E-state index contributed by atoms with van der Waals surface area (Å²) < 4.78 is 0. The molecule has 1 N–H and O–H groups in total. The minimum atomic E-state index is 0.664. The number of hydrogen-bond acceptors (Lipinski definition) is 2. The molecule has 1 aromatic rings. The number of anilines is 1. The van der Waals surface area contributed by atoms with E-state index in [1.165, 1.54) is 0 Å². The minimum Gasteiger partial charge on any atom is -0.423 e. The molecule has 0 saturated heterocycles. The van der Waals surface area contributed by atoms with E-state index in [4.69, 9.17) is 0 Å². The average molecular weight is 120 g/mol. The molecule has 44 valence electrons. The lowest BCUT2D eigenvalue weighted by molar-refractivity contribution is 1.08. The highest BCUT2D eigenvalue weighted by Crippen LogP contribution is 2.24. The minimum absolute atomic E-state index is 0.664. The molecule has 0 unspecified atom stereocenters. The summed E-state index contributed by atoms with van der Waals surface area (Å²) in [4.78, 5) is 3.94. The van der Waals surface area contributed by atoms with E-state index in [0.29, 0.717) is 5.82 Å². The zero-order valence-corrected chi connectivity index (χ0v) is 4.57.